The van der Waals surface area contributed by atoms with Crippen molar-refractivity contribution >= 4 is 10.8 Å². The Morgan fingerprint density at radius 3 is 2.50 bits per heavy atom. The Bertz CT molecular complexity index is 571. The van der Waals surface area contributed by atoms with Crippen molar-refractivity contribution in [1.29, 1.82) is 10.5 Å². The van der Waals surface area contributed by atoms with E-state index in [2.05, 4.69) is 12.1 Å². The second-order valence-corrected chi connectivity index (χ2v) is 2.97. The van der Waals surface area contributed by atoms with Crippen LogP contribution in [0.2, 0.25) is 0 Å². The summed E-state index contributed by atoms with van der Waals surface area (Å²) in [7, 11) is 0. The van der Waals surface area contributed by atoms with E-state index in [0.29, 0.717) is 11.1 Å². The Hall–Kier alpha value is -2.32. The number of hydrogen-bond donors (Lipinski definition) is 0. The van der Waals surface area contributed by atoms with Crippen molar-refractivity contribution in [3.05, 3.63) is 47.5 Å². The summed E-state index contributed by atoms with van der Waals surface area (Å²) in [5.41, 5.74) is 1.26. The standard InChI is InChI=1S/C12H6N2/c13-7-9-4-5-12-10(6-9)2-1-3-11(12)8-14/h1-6H. The van der Waals surface area contributed by atoms with E-state index in [1.165, 1.54) is 0 Å². The fraction of sp³-hybridized carbons (Fsp3) is 0. The minimum absolute atomic E-state index is 0.618. The van der Waals surface area contributed by atoms with E-state index < -0.39 is 0 Å². The van der Waals surface area contributed by atoms with Crippen LogP contribution in [0.1, 0.15) is 11.1 Å². The van der Waals surface area contributed by atoms with Crippen LogP contribution in [0.5, 0.6) is 0 Å². The third-order valence-corrected chi connectivity index (χ3v) is 2.13. The van der Waals surface area contributed by atoms with Gasteiger partial charge in [0.1, 0.15) is 0 Å². The molecule has 0 amide bonds. The average molecular weight is 178 g/mol. The molecule has 0 atom stereocenters. The van der Waals surface area contributed by atoms with Gasteiger partial charge in [-0.1, -0.05) is 18.2 Å². The van der Waals surface area contributed by atoms with Crippen molar-refractivity contribution in [3.63, 3.8) is 0 Å². The van der Waals surface area contributed by atoms with Crippen molar-refractivity contribution in [2.24, 2.45) is 0 Å². The van der Waals surface area contributed by atoms with Gasteiger partial charge in [-0.25, -0.2) is 0 Å². The van der Waals surface area contributed by atoms with E-state index in [1.807, 2.05) is 18.2 Å². The van der Waals surface area contributed by atoms with Gasteiger partial charge in [-0.2, -0.15) is 10.5 Å². The van der Waals surface area contributed by atoms with Gasteiger partial charge in [0.15, 0.2) is 0 Å². The summed E-state index contributed by atoms with van der Waals surface area (Å²) in [6.45, 7) is 0. The van der Waals surface area contributed by atoms with Crippen molar-refractivity contribution < 1.29 is 0 Å². The highest BCUT2D eigenvalue weighted by molar-refractivity contribution is 5.88. The molecule has 0 aliphatic heterocycles. The highest BCUT2D eigenvalue weighted by Gasteiger charge is 1.99. The molecule has 64 valence electrons. The van der Waals surface area contributed by atoms with Gasteiger partial charge in [0.25, 0.3) is 0 Å². The Morgan fingerprint density at radius 2 is 1.79 bits per heavy atom. The Labute approximate surface area is 81.6 Å². The molecular formula is C12H6N2. The number of fused-ring (bicyclic) bond motifs is 1. The van der Waals surface area contributed by atoms with Crippen LogP contribution in [-0.2, 0) is 0 Å². The summed E-state index contributed by atoms with van der Waals surface area (Å²) in [5, 5.41) is 19.4. The molecular weight excluding hydrogens is 172 g/mol. The number of nitriles is 2. The maximum atomic E-state index is 8.85. The van der Waals surface area contributed by atoms with Crippen LogP contribution < -0.4 is 0 Å². The highest BCUT2D eigenvalue weighted by Crippen LogP contribution is 2.19. The predicted octanol–water partition coefficient (Wildman–Crippen LogP) is 2.58. The van der Waals surface area contributed by atoms with Crippen LogP contribution >= 0.6 is 0 Å². The first-order chi connectivity index (χ1) is 6.85. The quantitative estimate of drug-likeness (QED) is 0.622. The lowest BCUT2D eigenvalue weighted by molar-refractivity contribution is 1.49. The smallest absolute Gasteiger partial charge is 0.0998 e. The SMILES string of the molecule is N#Cc1ccc2c(C#N)cccc2c1. The van der Waals surface area contributed by atoms with Crippen molar-refractivity contribution in [1.82, 2.24) is 0 Å². The molecule has 2 rings (SSSR count). The van der Waals surface area contributed by atoms with Crippen LogP contribution in [0.15, 0.2) is 36.4 Å². The third-order valence-electron chi connectivity index (χ3n) is 2.13. The van der Waals surface area contributed by atoms with Gasteiger partial charge < -0.3 is 0 Å². The first kappa shape index (κ1) is 8.29. The average Bonchev–Trinajstić information content (AvgIpc) is 2.27. The molecule has 2 aromatic rings. The molecule has 0 spiro atoms. The van der Waals surface area contributed by atoms with Crippen molar-refractivity contribution in [3.8, 4) is 12.1 Å². The number of benzene rings is 2. The van der Waals surface area contributed by atoms with Gasteiger partial charge in [-0.15, -0.1) is 0 Å². The maximum absolute atomic E-state index is 8.85. The summed E-state index contributed by atoms with van der Waals surface area (Å²) in [6, 6.07) is 15.0. The molecule has 0 aliphatic carbocycles. The molecule has 0 fully saturated rings. The molecule has 0 aromatic heterocycles. The van der Waals surface area contributed by atoms with Gasteiger partial charge in [-0.05, 0) is 29.0 Å². The Kier molecular flexibility index (Phi) is 1.89. The zero-order valence-corrected chi connectivity index (χ0v) is 7.36. The molecule has 0 bridgehead atoms. The molecule has 0 aliphatic rings. The topological polar surface area (TPSA) is 47.6 Å². The van der Waals surface area contributed by atoms with Gasteiger partial charge in [0.2, 0.25) is 0 Å². The monoisotopic (exact) mass is 178 g/mol. The molecule has 14 heavy (non-hydrogen) atoms. The van der Waals surface area contributed by atoms with Crippen LogP contribution in [0.4, 0.5) is 0 Å². The first-order valence-corrected chi connectivity index (χ1v) is 4.18. The summed E-state index contributed by atoms with van der Waals surface area (Å²) in [5.74, 6) is 0. The summed E-state index contributed by atoms with van der Waals surface area (Å²) in [6.07, 6.45) is 0. The second kappa shape index (κ2) is 3.20. The summed E-state index contributed by atoms with van der Waals surface area (Å²) >= 11 is 0. The van der Waals surface area contributed by atoms with E-state index >= 15 is 0 Å². The minimum atomic E-state index is 0.618. The molecule has 0 saturated heterocycles. The molecule has 0 heterocycles. The lowest BCUT2D eigenvalue weighted by Gasteiger charge is -1.99. The molecule has 0 radical (unpaired) electrons. The van der Waals surface area contributed by atoms with Gasteiger partial charge in [0, 0.05) is 0 Å². The molecule has 2 aromatic carbocycles. The summed E-state index contributed by atoms with van der Waals surface area (Å²) < 4.78 is 0. The largest absolute Gasteiger partial charge is 0.192 e. The lowest BCUT2D eigenvalue weighted by Crippen LogP contribution is -1.80. The second-order valence-electron chi connectivity index (χ2n) is 2.97. The van der Waals surface area contributed by atoms with E-state index in [0.717, 1.165) is 10.8 Å². The first-order valence-electron chi connectivity index (χ1n) is 4.18. The molecule has 0 N–H and O–H groups in total. The Morgan fingerprint density at radius 1 is 0.929 bits per heavy atom. The zero-order chi connectivity index (χ0) is 9.97. The van der Waals surface area contributed by atoms with Crippen LogP contribution in [-0.4, -0.2) is 0 Å². The zero-order valence-electron chi connectivity index (χ0n) is 7.36. The predicted molar refractivity (Wildman–Crippen MR) is 53.4 cm³/mol. The molecule has 0 unspecified atom stereocenters. The van der Waals surface area contributed by atoms with E-state index in [-0.39, 0.29) is 0 Å². The Balaban J connectivity index is 2.83. The lowest BCUT2D eigenvalue weighted by atomic mass is 10.0. The van der Waals surface area contributed by atoms with E-state index in [9.17, 15) is 0 Å². The van der Waals surface area contributed by atoms with E-state index in [4.69, 9.17) is 10.5 Å². The van der Waals surface area contributed by atoms with Crippen molar-refractivity contribution in [2.45, 2.75) is 0 Å². The van der Waals surface area contributed by atoms with Gasteiger partial charge >= 0.3 is 0 Å². The van der Waals surface area contributed by atoms with Crippen LogP contribution in [0.25, 0.3) is 10.8 Å². The van der Waals surface area contributed by atoms with E-state index in [1.54, 1.807) is 18.2 Å². The van der Waals surface area contributed by atoms with Gasteiger partial charge in [-0.3, -0.25) is 0 Å². The molecule has 0 saturated carbocycles. The molecule has 2 nitrogen and oxygen atoms in total. The van der Waals surface area contributed by atoms with Crippen LogP contribution in [0.3, 0.4) is 0 Å². The highest BCUT2D eigenvalue weighted by atomic mass is 14.2. The number of hydrogen-bond acceptors (Lipinski definition) is 2. The summed E-state index contributed by atoms with van der Waals surface area (Å²) in [4.78, 5) is 0. The molecule has 2 heteroatoms. The van der Waals surface area contributed by atoms with Gasteiger partial charge in [0.05, 0.1) is 23.3 Å². The number of nitrogens with zero attached hydrogens (tertiary/aromatic N) is 2. The normalized spacial score (nSPS) is 9.29. The minimum Gasteiger partial charge on any atom is -0.192 e. The fourth-order valence-electron chi connectivity index (χ4n) is 1.45. The third kappa shape index (κ3) is 1.20. The van der Waals surface area contributed by atoms with Crippen LogP contribution in [0, 0.1) is 22.7 Å². The number of rotatable bonds is 0. The van der Waals surface area contributed by atoms with Crippen molar-refractivity contribution in [2.75, 3.05) is 0 Å². The maximum Gasteiger partial charge on any atom is 0.0998 e. The fourth-order valence-corrected chi connectivity index (χ4v) is 1.45.